The lowest BCUT2D eigenvalue weighted by Gasteiger charge is -2.18. The highest BCUT2D eigenvalue weighted by Gasteiger charge is 2.22. The highest BCUT2D eigenvalue weighted by Crippen LogP contribution is 2.35. The molecule has 0 heterocycles. The third-order valence-corrected chi connectivity index (χ3v) is 7.54. The minimum absolute atomic E-state index is 0.186. The van der Waals surface area contributed by atoms with E-state index in [0.29, 0.717) is 12.8 Å². The van der Waals surface area contributed by atoms with Gasteiger partial charge >= 0.3 is 19.8 Å². The molecule has 0 radical (unpaired) electrons. The molecule has 8 nitrogen and oxygen atoms in total. The molecule has 0 aliphatic heterocycles. The van der Waals surface area contributed by atoms with E-state index in [1.165, 1.54) is 12.8 Å². The zero-order valence-electron chi connectivity index (χ0n) is 29.1. The summed E-state index contributed by atoms with van der Waals surface area (Å²) in [5.74, 6) is -0.938. The molecule has 0 saturated carbocycles. The summed E-state index contributed by atoms with van der Waals surface area (Å²) in [5, 5.41) is 0. The Morgan fingerprint density at radius 2 is 1.11 bits per heavy atom. The first-order chi connectivity index (χ1) is 22.8. The summed E-state index contributed by atoms with van der Waals surface area (Å²) in [7, 11) is -4.76. The van der Waals surface area contributed by atoms with Gasteiger partial charge in [0.2, 0.25) is 0 Å². The van der Waals surface area contributed by atoms with E-state index in [1.807, 2.05) is 30.4 Å². The second-order valence-corrected chi connectivity index (χ2v) is 12.8. The molecule has 0 unspecified atom stereocenters. The van der Waals surface area contributed by atoms with Gasteiger partial charge in [-0.15, -0.1) is 0 Å². The number of carbonyl (C=O) groups is 2. The van der Waals surface area contributed by atoms with Crippen molar-refractivity contribution in [3.8, 4) is 0 Å². The Morgan fingerprint density at radius 3 is 1.70 bits per heavy atom. The summed E-state index contributed by atoms with van der Waals surface area (Å²) in [6, 6.07) is 0. The van der Waals surface area contributed by atoms with Crippen LogP contribution in [0.15, 0.2) is 72.9 Å². The van der Waals surface area contributed by atoms with E-state index in [1.54, 1.807) is 0 Å². The van der Waals surface area contributed by atoms with Crippen LogP contribution in [0.25, 0.3) is 0 Å². The summed E-state index contributed by atoms with van der Waals surface area (Å²) in [5.41, 5.74) is 0. The zero-order chi connectivity index (χ0) is 34.7. The largest absolute Gasteiger partial charge is 0.469 e. The molecule has 0 fully saturated rings. The standard InChI is InChI=1S/C38H63O8P/c1-3-5-7-9-11-13-15-17-19-21-22-24-26-28-30-32-37(39)44-34-36(35-45-47(41,42)43)46-38(40)33-31-29-27-25-23-20-18-16-14-12-10-8-6-4-2/h5,7,9-13,15-19,36H,3-4,6,8,14,20-35H2,1-2H3,(H2,41,42,43)/b7-5+,11-9+,12-10+,15-13+,18-16+,19-17+/t36-/m1/s1. The van der Waals surface area contributed by atoms with Crippen molar-refractivity contribution in [2.45, 2.75) is 142 Å². The molecule has 0 saturated heterocycles. The molecular formula is C38H63O8P. The third kappa shape index (κ3) is 36.2. The number of rotatable bonds is 31. The molecule has 0 aromatic heterocycles. The summed E-state index contributed by atoms with van der Waals surface area (Å²) in [6.07, 6.45) is 41.9. The second kappa shape index (κ2) is 33.4. The van der Waals surface area contributed by atoms with Gasteiger partial charge in [-0.05, 0) is 57.8 Å². The quantitative estimate of drug-likeness (QED) is 0.0244. The van der Waals surface area contributed by atoms with Crippen LogP contribution in [0.2, 0.25) is 0 Å². The van der Waals surface area contributed by atoms with Crippen LogP contribution in [0.5, 0.6) is 0 Å². The summed E-state index contributed by atoms with van der Waals surface area (Å²) in [4.78, 5) is 42.6. The Bertz CT molecular complexity index is 990. The number of allylic oxidation sites excluding steroid dienone is 12. The molecule has 268 valence electrons. The highest BCUT2D eigenvalue weighted by molar-refractivity contribution is 7.46. The van der Waals surface area contributed by atoms with E-state index in [9.17, 15) is 14.2 Å². The summed E-state index contributed by atoms with van der Waals surface area (Å²) >= 11 is 0. The van der Waals surface area contributed by atoms with E-state index < -0.39 is 32.5 Å². The van der Waals surface area contributed by atoms with Crippen molar-refractivity contribution in [2.75, 3.05) is 13.2 Å². The maximum atomic E-state index is 12.3. The Kier molecular flexibility index (Phi) is 31.6. The lowest BCUT2D eigenvalue weighted by atomic mass is 10.1. The van der Waals surface area contributed by atoms with Crippen LogP contribution in [0.4, 0.5) is 0 Å². The Hall–Kier alpha value is -2.51. The molecule has 2 N–H and O–H groups in total. The van der Waals surface area contributed by atoms with Crippen LogP contribution in [0, 0.1) is 0 Å². The van der Waals surface area contributed by atoms with Crippen LogP contribution in [-0.2, 0) is 28.2 Å². The minimum Gasteiger partial charge on any atom is -0.462 e. The van der Waals surface area contributed by atoms with Gasteiger partial charge in [0.05, 0.1) is 6.61 Å². The van der Waals surface area contributed by atoms with E-state index >= 15 is 0 Å². The maximum Gasteiger partial charge on any atom is 0.469 e. The van der Waals surface area contributed by atoms with E-state index in [4.69, 9.17) is 19.3 Å². The van der Waals surface area contributed by atoms with Gasteiger partial charge in [0, 0.05) is 12.8 Å². The fourth-order valence-corrected chi connectivity index (χ4v) is 4.76. The van der Waals surface area contributed by atoms with Gasteiger partial charge in [0.1, 0.15) is 6.61 Å². The fraction of sp³-hybridized carbons (Fsp3) is 0.632. The Morgan fingerprint density at radius 1 is 0.596 bits per heavy atom. The van der Waals surface area contributed by atoms with Gasteiger partial charge in [-0.1, -0.05) is 138 Å². The number of hydrogen-bond acceptors (Lipinski definition) is 6. The van der Waals surface area contributed by atoms with Crippen molar-refractivity contribution in [2.24, 2.45) is 0 Å². The average Bonchev–Trinajstić information content (AvgIpc) is 3.03. The average molecular weight is 679 g/mol. The molecule has 1 atom stereocenters. The van der Waals surface area contributed by atoms with Gasteiger partial charge in [0.15, 0.2) is 6.10 Å². The first-order valence-corrected chi connectivity index (χ1v) is 19.3. The number of unbranched alkanes of at least 4 members (excludes halogenated alkanes) is 12. The zero-order valence-corrected chi connectivity index (χ0v) is 30.0. The molecule has 0 bridgehead atoms. The molecule has 0 aromatic rings. The molecular weight excluding hydrogens is 615 g/mol. The van der Waals surface area contributed by atoms with Gasteiger partial charge in [-0.2, -0.15) is 0 Å². The monoisotopic (exact) mass is 678 g/mol. The highest BCUT2D eigenvalue weighted by atomic mass is 31.2. The molecule has 0 aliphatic rings. The lowest BCUT2D eigenvalue weighted by molar-refractivity contribution is -0.161. The second-order valence-electron chi connectivity index (χ2n) is 11.5. The Balaban J connectivity index is 4.08. The van der Waals surface area contributed by atoms with Crippen molar-refractivity contribution in [3.63, 3.8) is 0 Å². The molecule has 9 heteroatoms. The normalized spacial score (nSPS) is 13.4. The van der Waals surface area contributed by atoms with Crippen molar-refractivity contribution in [1.82, 2.24) is 0 Å². The smallest absolute Gasteiger partial charge is 0.462 e. The number of ether oxygens (including phenoxy) is 2. The predicted octanol–water partition coefficient (Wildman–Crippen LogP) is 10.3. The van der Waals surface area contributed by atoms with Crippen LogP contribution >= 0.6 is 7.82 Å². The number of esters is 2. The molecule has 0 aliphatic carbocycles. The molecule has 0 spiro atoms. The van der Waals surface area contributed by atoms with Crippen LogP contribution in [0.3, 0.4) is 0 Å². The molecule has 47 heavy (non-hydrogen) atoms. The van der Waals surface area contributed by atoms with Crippen molar-refractivity contribution >= 4 is 19.8 Å². The molecule has 0 aromatic carbocycles. The molecule has 0 rings (SSSR count). The number of hydrogen-bond donors (Lipinski definition) is 2. The van der Waals surface area contributed by atoms with Crippen LogP contribution in [0.1, 0.15) is 136 Å². The van der Waals surface area contributed by atoms with E-state index in [-0.39, 0.29) is 19.4 Å². The minimum atomic E-state index is -4.76. The van der Waals surface area contributed by atoms with Crippen LogP contribution < -0.4 is 0 Å². The maximum absolute atomic E-state index is 12.3. The van der Waals surface area contributed by atoms with Gasteiger partial charge < -0.3 is 19.3 Å². The van der Waals surface area contributed by atoms with Gasteiger partial charge in [-0.3, -0.25) is 14.1 Å². The first-order valence-electron chi connectivity index (χ1n) is 17.8. The van der Waals surface area contributed by atoms with Gasteiger partial charge in [0.25, 0.3) is 0 Å². The number of carbonyl (C=O) groups excluding carboxylic acids is 2. The predicted molar refractivity (Wildman–Crippen MR) is 193 cm³/mol. The van der Waals surface area contributed by atoms with E-state index in [0.717, 1.165) is 83.5 Å². The number of phosphoric ester groups is 1. The Labute approximate surface area is 285 Å². The van der Waals surface area contributed by atoms with Crippen molar-refractivity contribution < 1.29 is 37.9 Å². The van der Waals surface area contributed by atoms with Crippen molar-refractivity contribution in [1.29, 1.82) is 0 Å². The number of phosphoric acid groups is 1. The third-order valence-electron chi connectivity index (χ3n) is 7.05. The van der Waals surface area contributed by atoms with Crippen molar-refractivity contribution in [3.05, 3.63) is 72.9 Å². The summed E-state index contributed by atoms with van der Waals surface area (Å²) in [6.45, 7) is 3.44. The fourth-order valence-electron chi connectivity index (χ4n) is 4.40. The van der Waals surface area contributed by atoms with Gasteiger partial charge in [-0.25, -0.2) is 4.57 Å². The topological polar surface area (TPSA) is 119 Å². The van der Waals surface area contributed by atoms with Crippen LogP contribution in [-0.4, -0.2) is 41.0 Å². The van der Waals surface area contributed by atoms with E-state index in [2.05, 4.69) is 60.9 Å². The first kappa shape index (κ1) is 44.5. The summed E-state index contributed by atoms with van der Waals surface area (Å²) < 4.78 is 26.2. The molecule has 0 amide bonds. The lowest BCUT2D eigenvalue weighted by Crippen LogP contribution is -2.29. The SMILES string of the molecule is CC/C=C/C=C/C=C/C=C/CCCCCCCC(=O)OC[C@H](COP(=O)(O)O)OC(=O)CCCCCCC/C=C/C/C=C/CCCC.